The van der Waals surface area contributed by atoms with Crippen molar-refractivity contribution in [3.63, 3.8) is 0 Å². The topological polar surface area (TPSA) is 47.6 Å². The molecule has 2 rings (SSSR count). The summed E-state index contributed by atoms with van der Waals surface area (Å²) in [6.45, 7) is 0. The number of anilines is 1. The number of carbonyl (C=O) groups is 1. The molecule has 0 aliphatic heterocycles. The van der Waals surface area contributed by atoms with E-state index in [0.717, 1.165) is 12.1 Å². The maximum absolute atomic E-state index is 12.2. The molecular formula is C15H11BrF3NO3. The number of carbonyl (C=O) groups excluding carboxylic acids is 1. The third-order valence-corrected chi connectivity index (χ3v) is 3.44. The Labute approximate surface area is 138 Å². The molecule has 8 heteroatoms. The van der Waals surface area contributed by atoms with Crippen molar-refractivity contribution in [1.29, 1.82) is 0 Å². The van der Waals surface area contributed by atoms with E-state index in [9.17, 15) is 18.0 Å². The molecule has 0 radical (unpaired) electrons. The van der Waals surface area contributed by atoms with E-state index in [1.165, 1.54) is 25.3 Å². The number of methoxy groups -OCH3 is 1. The molecule has 2 aromatic rings. The van der Waals surface area contributed by atoms with Gasteiger partial charge in [-0.05, 0) is 46.3 Å². The molecular weight excluding hydrogens is 379 g/mol. The first-order valence-corrected chi connectivity index (χ1v) is 7.08. The van der Waals surface area contributed by atoms with Crippen LogP contribution < -0.4 is 14.8 Å². The van der Waals surface area contributed by atoms with Gasteiger partial charge < -0.3 is 14.8 Å². The Bertz CT molecular complexity index is 719. The second kappa shape index (κ2) is 6.91. The molecule has 2 aromatic carbocycles. The fourth-order valence-corrected chi connectivity index (χ4v) is 2.20. The molecule has 4 nitrogen and oxygen atoms in total. The van der Waals surface area contributed by atoms with E-state index in [4.69, 9.17) is 4.74 Å². The van der Waals surface area contributed by atoms with Gasteiger partial charge in [-0.25, -0.2) is 0 Å². The van der Waals surface area contributed by atoms with Crippen molar-refractivity contribution < 1.29 is 27.4 Å². The van der Waals surface area contributed by atoms with Gasteiger partial charge >= 0.3 is 6.36 Å². The van der Waals surface area contributed by atoms with Crippen LogP contribution >= 0.6 is 15.9 Å². The van der Waals surface area contributed by atoms with Crippen LogP contribution in [0.25, 0.3) is 0 Å². The number of hydrogen-bond donors (Lipinski definition) is 1. The van der Waals surface area contributed by atoms with Crippen molar-refractivity contribution in [3.05, 3.63) is 52.5 Å². The molecule has 0 bridgehead atoms. The van der Waals surface area contributed by atoms with Crippen molar-refractivity contribution in [3.8, 4) is 11.5 Å². The van der Waals surface area contributed by atoms with Crippen LogP contribution in [-0.4, -0.2) is 19.4 Å². The molecule has 0 spiro atoms. The summed E-state index contributed by atoms with van der Waals surface area (Å²) >= 11 is 3.24. The van der Waals surface area contributed by atoms with Gasteiger partial charge in [0.25, 0.3) is 5.91 Å². The fraction of sp³-hybridized carbons (Fsp3) is 0.133. The van der Waals surface area contributed by atoms with E-state index in [0.29, 0.717) is 10.2 Å². The molecule has 0 aliphatic carbocycles. The monoisotopic (exact) mass is 389 g/mol. The first kappa shape index (κ1) is 17.1. The van der Waals surface area contributed by atoms with Crippen LogP contribution in [0.15, 0.2) is 46.9 Å². The first-order valence-electron chi connectivity index (χ1n) is 6.29. The lowest BCUT2D eigenvalue weighted by Crippen LogP contribution is -2.17. The summed E-state index contributed by atoms with van der Waals surface area (Å²) in [6, 6.07) is 9.83. The number of amides is 1. The predicted molar refractivity (Wildman–Crippen MR) is 81.8 cm³/mol. The molecule has 0 heterocycles. The predicted octanol–water partition coefficient (Wildman–Crippen LogP) is 4.61. The molecule has 0 unspecified atom stereocenters. The molecule has 1 amide bonds. The second-order valence-corrected chi connectivity index (χ2v) is 5.23. The Hall–Kier alpha value is -2.22. The van der Waals surface area contributed by atoms with Gasteiger partial charge in [-0.15, -0.1) is 13.2 Å². The van der Waals surface area contributed by atoms with Gasteiger partial charge in [0.1, 0.15) is 11.5 Å². The average molecular weight is 390 g/mol. The van der Waals surface area contributed by atoms with E-state index < -0.39 is 18.0 Å². The minimum Gasteiger partial charge on any atom is -0.497 e. The lowest BCUT2D eigenvalue weighted by Gasteiger charge is -2.11. The maximum atomic E-state index is 12.2. The number of halogens is 4. The van der Waals surface area contributed by atoms with Crippen LogP contribution in [0, 0.1) is 0 Å². The Balaban J connectivity index is 2.19. The third-order valence-electron chi connectivity index (χ3n) is 2.74. The summed E-state index contributed by atoms with van der Waals surface area (Å²) in [4.78, 5) is 12.2. The highest BCUT2D eigenvalue weighted by Crippen LogP contribution is 2.27. The van der Waals surface area contributed by atoms with Gasteiger partial charge in [0.05, 0.1) is 12.7 Å². The van der Waals surface area contributed by atoms with Crippen molar-refractivity contribution in [2.24, 2.45) is 0 Å². The molecule has 0 aromatic heterocycles. The van der Waals surface area contributed by atoms with Gasteiger partial charge in [0.2, 0.25) is 0 Å². The van der Waals surface area contributed by atoms with Gasteiger partial charge in [0, 0.05) is 16.2 Å². The van der Waals surface area contributed by atoms with E-state index in [1.807, 2.05) is 0 Å². The Morgan fingerprint density at radius 3 is 2.52 bits per heavy atom. The summed E-state index contributed by atoms with van der Waals surface area (Å²) in [6.07, 6.45) is -4.79. The molecule has 0 atom stereocenters. The Morgan fingerprint density at radius 2 is 1.87 bits per heavy atom. The van der Waals surface area contributed by atoms with Gasteiger partial charge in [-0.2, -0.15) is 0 Å². The van der Waals surface area contributed by atoms with Crippen molar-refractivity contribution in [2.75, 3.05) is 12.4 Å². The number of rotatable bonds is 4. The summed E-state index contributed by atoms with van der Waals surface area (Å²) in [7, 11) is 1.46. The zero-order chi connectivity index (χ0) is 17.0. The van der Waals surface area contributed by atoms with Crippen LogP contribution in [0.3, 0.4) is 0 Å². The maximum Gasteiger partial charge on any atom is 0.573 e. The smallest absolute Gasteiger partial charge is 0.497 e. The van der Waals surface area contributed by atoms with E-state index in [-0.39, 0.29) is 11.3 Å². The molecule has 0 aliphatic rings. The lowest BCUT2D eigenvalue weighted by atomic mass is 10.2. The summed E-state index contributed by atoms with van der Waals surface area (Å²) in [5, 5.41) is 2.50. The van der Waals surface area contributed by atoms with Gasteiger partial charge in [-0.1, -0.05) is 6.07 Å². The highest BCUT2D eigenvalue weighted by atomic mass is 79.9. The SMILES string of the molecule is COc1ccc(Br)c(C(=O)Nc2cccc(OC(F)(F)F)c2)c1. The number of alkyl halides is 3. The number of ether oxygens (including phenoxy) is 2. The Morgan fingerprint density at radius 1 is 1.13 bits per heavy atom. The van der Waals surface area contributed by atoms with Crippen LogP contribution in [0.2, 0.25) is 0 Å². The summed E-state index contributed by atoms with van der Waals surface area (Å²) < 4.78 is 46.0. The number of hydrogen-bond acceptors (Lipinski definition) is 3. The minimum atomic E-state index is -4.79. The standard InChI is InChI=1S/C15H11BrF3NO3/c1-22-10-5-6-13(16)12(8-10)14(21)20-9-3-2-4-11(7-9)23-15(17,18)19/h2-8H,1H3,(H,20,21). The van der Waals surface area contributed by atoms with Crippen molar-refractivity contribution in [2.45, 2.75) is 6.36 Å². The van der Waals surface area contributed by atoms with Crippen molar-refractivity contribution >= 4 is 27.5 Å². The van der Waals surface area contributed by atoms with E-state index in [1.54, 1.807) is 12.1 Å². The molecule has 1 N–H and O–H groups in total. The normalized spacial score (nSPS) is 11.0. The average Bonchev–Trinajstić information content (AvgIpc) is 2.46. The number of nitrogens with one attached hydrogen (secondary N) is 1. The number of benzene rings is 2. The largest absolute Gasteiger partial charge is 0.573 e. The highest BCUT2D eigenvalue weighted by Gasteiger charge is 2.31. The second-order valence-electron chi connectivity index (χ2n) is 4.38. The third kappa shape index (κ3) is 4.88. The molecule has 0 saturated heterocycles. The van der Waals surface area contributed by atoms with E-state index >= 15 is 0 Å². The van der Waals surface area contributed by atoms with Crippen LogP contribution in [0.1, 0.15) is 10.4 Å². The Kier molecular flexibility index (Phi) is 5.15. The molecule has 23 heavy (non-hydrogen) atoms. The van der Waals surface area contributed by atoms with Gasteiger partial charge in [-0.3, -0.25) is 4.79 Å². The van der Waals surface area contributed by atoms with Crippen LogP contribution in [-0.2, 0) is 0 Å². The molecule has 0 saturated carbocycles. The van der Waals surface area contributed by atoms with Crippen molar-refractivity contribution in [1.82, 2.24) is 0 Å². The molecule has 0 fully saturated rings. The quantitative estimate of drug-likeness (QED) is 0.830. The van der Waals surface area contributed by atoms with Gasteiger partial charge in [0.15, 0.2) is 0 Å². The minimum absolute atomic E-state index is 0.173. The highest BCUT2D eigenvalue weighted by molar-refractivity contribution is 9.10. The lowest BCUT2D eigenvalue weighted by molar-refractivity contribution is -0.274. The zero-order valence-corrected chi connectivity index (χ0v) is 13.4. The van der Waals surface area contributed by atoms with Crippen LogP contribution in [0.5, 0.6) is 11.5 Å². The van der Waals surface area contributed by atoms with E-state index in [2.05, 4.69) is 26.0 Å². The fourth-order valence-electron chi connectivity index (χ4n) is 1.77. The molecule has 122 valence electrons. The summed E-state index contributed by atoms with van der Waals surface area (Å²) in [5.74, 6) is -0.438. The summed E-state index contributed by atoms with van der Waals surface area (Å²) in [5.41, 5.74) is 0.456. The zero-order valence-electron chi connectivity index (χ0n) is 11.8. The first-order chi connectivity index (χ1) is 10.8. The van der Waals surface area contributed by atoms with Crippen LogP contribution in [0.4, 0.5) is 18.9 Å².